The molecule has 0 atom stereocenters. The topological polar surface area (TPSA) is 101 Å². The number of aliphatic carboxylic acids is 2. The van der Waals surface area contributed by atoms with E-state index in [9.17, 15) is 14.4 Å². The fourth-order valence-electron chi connectivity index (χ4n) is 5.55. The highest BCUT2D eigenvalue weighted by Gasteiger charge is 2.19. The van der Waals surface area contributed by atoms with Gasteiger partial charge >= 0.3 is 17.9 Å². The molecule has 0 unspecified atom stereocenters. The third kappa shape index (κ3) is 21.9. The first-order chi connectivity index (χ1) is 20.6. The van der Waals surface area contributed by atoms with Crippen LogP contribution in [-0.2, 0) is 19.1 Å². The average molecular weight is 603 g/mol. The molecule has 0 bridgehead atoms. The van der Waals surface area contributed by atoms with Crippen molar-refractivity contribution < 1.29 is 29.3 Å². The van der Waals surface area contributed by atoms with Gasteiger partial charge in [0.05, 0.1) is 0 Å². The number of ether oxygens (including phenoxy) is 1. The van der Waals surface area contributed by atoms with Crippen molar-refractivity contribution in [3.05, 3.63) is 34.9 Å². The molecule has 6 heteroatoms. The Labute approximate surface area is 262 Å². The van der Waals surface area contributed by atoms with Crippen LogP contribution >= 0.6 is 0 Å². The van der Waals surface area contributed by atoms with E-state index in [1.165, 1.54) is 83.5 Å². The van der Waals surface area contributed by atoms with Crippen LogP contribution in [-0.4, -0.2) is 33.7 Å². The number of carboxylic acid groups (broad SMARTS) is 2. The van der Waals surface area contributed by atoms with Crippen LogP contribution in [0.4, 0.5) is 0 Å². The molecule has 0 fully saturated rings. The highest BCUT2D eigenvalue weighted by molar-refractivity contribution is 5.88. The smallest absolute Gasteiger partial charge is 0.334 e. The predicted octanol–water partition coefficient (Wildman–Crippen LogP) is 10.7. The van der Waals surface area contributed by atoms with Crippen LogP contribution in [0, 0.1) is 0 Å². The Hall–Kier alpha value is -2.37. The van der Waals surface area contributed by atoms with E-state index in [0.717, 1.165) is 76.2 Å². The van der Waals surface area contributed by atoms with Gasteiger partial charge in [0, 0.05) is 16.7 Å². The van der Waals surface area contributed by atoms with Gasteiger partial charge in [0.1, 0.15) is 5.60 Å². The van der Waals surface area contributed by atoms with Gasteiger partial charge in [-0.3, -0.25) is 0 Å². The number of carboxylic acids is 2. The molecular weight excluding hydrogens is 540 g/mol. The molecule has 0 radical (unpaired) electrons. The second kappa shape index (κ2) is 24.0. The Balaban J connectivity index is 0.000000327. The minimum Gasteiger partial charge on any atom is -0.478 e. The number of hydrogen-bond acceptors (Lipinski definition) is 4. The molecule has 6 nitrogen and oxygen atoms in total. The summed E-state index contributed by atoms with van der Waals surface area (Å²) in [5.41, 5.74) is 1.76. The second-order valence-corrected chi connectivity index (χ2v) is 13.3. The van der Waals surface area contributed by atoms with Crippen LogP contribution in [0.3, 0.4) is 0 Å². The average Bonchev–Trinajstić information content (AvgIpc) is 2.96. The first-order valence-corrected chi connectivity index (χ1v) is 17.4. The Morgan fingerprint density at radius 1 is 0.488 bits per heavy atom. The molecule has 0 spiro atoms. The zero-order valence-electron chi connectivity index (χ0n) is 27.7. The summed E-state index contributed by atoms with van der Waals surface area (Å²) in [7, 11) is 0. The summed E-state index contributed by atoms with van der Waals surface area (Å²) in [6.45, 7) is 5.77. The molecular formula is C37H62O6. The van der Waals surface area contributed by atoms with Gasteiger partial charge in [-0.25, -0.2) is 14.4 Å². The van der Waals surface area contributed by atoms with E-state index in [1.807, 2.05) is 32.9 Å². The molecule has 2 N–H and O–H groups in total. The van der Waals surface area contributed by atoms with Crippen LogP contribution in [0.15, 0.2) is 34.9 Å². The fourth-order valence-corrected chi connectivity index (χ4v) is 5.55. The number of esters is 1. The summed E-state index contributed by atoms with van der Waals surface area (Å²) in [6.07, 6.45) is 33.2. The zero-order chi connectivity index (χ0) is 31.8. The SMILES string of the molecule is CC(C)(C)OC(=O)C1=CCCCCCCCC1.O=C(O)C1=CCCCCCCCC1.O=C(O)C1=CCCCCCCCC1. The molecule has 43 heavy (non-hydrogen) atoms. The van der Waals surface area contributed by atoms with Crippen LogP contribution in [0.5, 0.6) is 0 Å². The lowest BCUT2D eigenvalue weighted by atomic mass is 10.00. The van der Waals surface area contributed by atoms with Crippen molar-refractivity contribution in [1.82, 2.24) is 0 Å². The maximum absolute atomic E-state index is 12.0. The van der Waals surface area contributed by atoms with E-state index in [1.54, 1.807) is 0 Å². The third-order valence-corrected chi connectivity index (χ3v) is 8.08. The summed E-state index contributed by atoms with van der Waals surface area (Å²) in [5, 5.41) is 17.7. The van der Waals surface area contributed by atoms with Crippen LogP contribution in [0.1, 0.15) is 175 Å². The van der Waals surface area contributed by atoms with Gasteiger partial charge in [0.15, 0.2) is 0 Å². The summed E-state index contributed by atoms with van der Waals surface area (Å²) in [5.74, 6) is -1.56. The maximum Gasteiger partial charge on any atom is 0.334 e. The Morgan fingerprint density at radius 3 is 1.09 bits per heavy atom. The van der Waals surface area contributed by atoms with Crippen molar-refractivity contribution in [2.75, 3.05) is 0 Å². The van der Waals surface area contributed by atoms with Gasteiger partial charge in [-0.05, 0) is 97.8 Å². The molecule has 0 aliphatic heterocycles. The van der Waals surface area contributed by atoms with E-state index < -0.39 is 11.9 Å². The number of rotatable bonds is 3. The largest absolute Gasteiger partial charge is 0.478 e. The number of carbonyl (C=O) groups excluding carboxylic acids is 1. The lowest BCUT2D eigenvalue weighted by molar-refractivity contribution is -0.150. The second-order valence-electron chi connectivity index (χ2n) is 13.3. The van der Waals surface area contributed by atoms with Crippen molar-refractivity contribution in [2.24, 2.45) is 0 Å². The van der Waals surface area contributed by atoms with Crippen LogP contribution < -0.4 is 0 Å². The third-order valence-electron chi connectivity index (χ3n) is 8.08. The summed E-state index contributed by atoms with van der Waals surface area (Å²) in [4.78, 5) is 33.5. The van der Waals surface area contributed by atoms with Gasteiger partial charge in [-0.1, -0.05) is 95.3 Å². The molecule has 0 saturated carbocycles. The predicted molar refractivity (Wildman–Crippen MR) is 176 cm³/mol. The normalized spacial score (nSPS) is 20.0. The summed E-state index contributed by atoms with van der Waals surface area (Å²) >= 11 is 0. The van der Waals surface area contributed by atoms with Crippen molar-refractivity contribution in [3.63, 3.8) is 0 Å². The van der Waals surface area contributed by atoms with Gasteiger partial charge in [0.2, 0.25) is 0 Å². The monoisotopic (exact) mass is 602 g/mol. The molecule has 0 saturated heterocycles. The molecule has 246 valence electrons. The summed E-state index contributed by atoms with van der Waals surface area (Å²) in [6, 6.07) is 0. The molecule has 0 aromatic heterocycles. The van der Waals surface area contributed by atoms with Crippen molar-refractivity contribution in [2.45, 2.75) is 180 Å². The van der Waals surface area contributed by atoms with Gasteiger partial charge < -0.3 is 14.9 Å². The van der Waals surface area contributed by atoms with Crippen molar-refractivity contribution in [1.29, 1.82) is 0 Å². The Bertz CT molecular complexity index is 845. The molecule has 0 aromatic carbocycles. The minimum absolute atomic E-state index is 0.113. The van der Waals surface area contributed by atoms with E-state index >= 15 is 0 Å². The van der Waals surface area contributed by atoms with Crippen LogP contribution in [0.2, 0.25) is 0 Å². The Kier molecular flexibility index (Phi) is 21.6. The van der Waals surface area contributed by atoms with Gasteiger partial charge in [0.25, 0.3) is 0 Å². The Morgan fingerprint density at radius 2 is 0.767 bits per heavy atom. The van der Waals surface area contributed by atoms with E-state index in [4.69, 9.17) is 14.9 Å². The summed E-state index contributed by atoms with van der Waals surface area (Å²) < 4.78 is 5.44. The minimum atomic E-state index is -0.722. The number of allylic oxidation sites excluding steroid dienone is 3. The molecule has 0 heterocycles. The van der Waals surface area contributed by atoms with Crippen molar-refractivity contribution in [3.8, 4) is 0 Å². The van der Waals surface area contributed by atoms with Gasteiger partial charge in [-0.2, -0.15) is 0 Å². The van der Waals surface area contributed by atoms with E-state index in [-0.39, 0.29) is 11.6 Å². The first kappa shape index (κ1) is 38.7. The number of carbonyl (C=O) groups is 3. The molecule has 3 rings (SSSR count). The van der Waals surface area contributed by atoms with E-state index in [2.05, 4.69) is 6.08 Å². The quantitative estimate of drug-likeness (QED) is 0.312. The molecule has 3 aliphatic rings. The van der Waals surface area contributed by atoms with E-state index in [0.29, 0.717) is 11.1 Å². The standard InChI is InChI=1S/C15H26O2.2C11H18O2/c1-15(2,3)17-14(16)13-11-9-7-5-4-6-8-10-12-13;2*12-11(13)10-8-6-4-2-1-3-5-7-9-10/h11H,4-10,12H2,1-3H3;2*8H,1-7,9H2,(H,12,13). The maximum atomic E-state index is 12.0. The molecule has 3 aliphatic carbocycles. The number of hydrogen-bond donors (Lipinski definition) is 2. The highest BCUT2D eigenvalue weighted by atomic mass is 16.6. The van der Waals surface area contributed by atoms with Crippen molar-refractivity contribution >= 4 is 17.9 Å². The molecule has 0 aromatic rings. The zero-order valence-corrected chi connectivity index (χ0v) is 27.7. The fraction of sp³-hybridized carbons (Fsp3) is 0.757. The van der Waals surface area contributed by atoms with Crippen LogP contribution in [0.25, 0.3) is 0 Å². The van der Waals surface area contributed by atoms with Gasteiger partial charge in [-0.15, -0.1) is 0 Å². The highest BCUT2D eigenvalue weighted by Crippen LogP contribution is 2.21. The lowest BCUT2D eigenvalue weighted by Crippen LogP contribution is -2.25. The lowest BCUT2D eigenvalue weighted by Gasteiger charge is -2.21. The molecule has 0 amide bonds. The first-order valence-electron chi connectivity index (χ1n) is 17.4.